The minimum atomic E-state index is -3.77. The van der Waals surface area contributed by atoms with E-state index in [0.717, 1.165) is 6.07 Å². The number of nitrogens with one attached hydrogen (secondary N) is 1. The van der Waals surface area contributed by atoms with Crippen LogP contribution in [0.4, 0.5) is 8.78 Å². The normalized spacial score (nSPS) is 19.3. The Bertz CT molecular complexity index is 527. The second-order valence-electron chi connectivity index (χ2n) is 4.84. The Morgan fingerprint density at radius 1 is 1.32 bits per heavy atom. The third kappa shape index (κ3) is 3.73. The molecule has 1 aromatic carbocycles. The summed E-state index contributed by atoms with van der Waals surface area (Å²) in [6.07, 6.45) is -0.116. The van der Waals surface area contributed by atoms with Crippen molar-refractivity contribution in [2.45, 2.75) is 23.9 Å². The van der Waals surface area contributed by atoms with Gasteiger partial charge in [-0.2, -0.15) is 0 Å². The molecule has 6 heteroatoms. The topological polar surface area (TPSA) is 46.2 Å². The van der Waals surface area contributed by atoms with Crippen molar-refractivity contribution in [2.24, 2.45) is 5.92 Å². The summed E-state index contributed by atoms with van der Waals surface area (Å²) in [5.74, 6) is -1.43. The maximum absolute atomic E-state index is 14.1. The molecule has 3 nitrogen and oxygen atoms in total. The van der Waals surface area contributed by atoms with Gasteiger partial charge in [0.05, 0.1) is 10.6 Å². The number of alkyl halides is 1. The highest BCUT2D eigenvalue weighted by molar-refractivity contribution is 7.91. The van der Waals surface area contributed by atoms with Crippen LogP contribution in [0.25, 0.3) is 0 Å². The van der Waals surface area contributed by atoms with E-state index in [9.17, 15) is 17.2 Å². The number of sulfone groups is 1. The number of piperidine rings is 1. The summed E-state index contributed by atoms with van der Waals surface area (Å²) >= 11 is 0. The fourth-order valence-electron chi connectivity index (χ4n) is 2.31. The number of halogens is 2. The fraction of sp³-hybridized carbons (Fsp3) is 0.538. The van der Waals surface area contributed by atoms with Gasteiger partial charge in [-0.25, -0.2) is 17.2 Å². The molecule has 1 aliphatic heterocycles. The molecular weight excluding hydrogens is 272 g/mol. The maximum Gasteiger partial charge on any atom is 0.181 e. The van der Waals surface area contributed by atoms with Gasteiger partial charge < -0.3 is 5.32 Å². The average molecular weight is 289 g/mol. The SMILES string of the molecule is O=S(=O)(C[C@H](F)C1CCNCC1)c1cccc(F)c1. The van der Waals surface area contributed by atoms with Gasteiger partial charge in [0, 0.05) is 0 Å². The molecule has 2 rings (SSSR count). The Morgan fingerprint density at radius 2 is 2.00 bits per heavy atom. The number of benzene rings is 1. The molecule has 0 saturated carbocycles. The lowest BCUT2D eigenvalue weighted by Crippen LogP contribution is -2.35. The van der Waals surface area contributed by atoms with Crippen LogP contribution in [-0.2, 0) is 9.84 Å². The van der Waals surface area contributed by atoms with E-state index in [1.165, 1.54) is 18.2 Å². The predicted octanol–water partition coefficient (Wildman–Crippen LogP) is 1.94. The van der Waals surface area contributed by atoms with Crippen LogP contribution >= 0.6 is 0 Å². The number of hydrogen-bond donors (Lipinski definition) is 1. The van der Waals surface area contributed by atoms with E-state index in [-0.39, 0.29) is 10.8 Å². The molecule has 1 aliphatic rings. The second kappa shape index (κ2) is 5.96. The Balaban J connectivity index is 2.08. The van der Waals surface area contributed by atoms with Gasteiger partial charge in [0.15, 0.2) is 9.84 Å². The van der Waals surface area contributed by atoms with Crippen LogP contribution in [0.15, 0.2) is 29.2 Å². The molecule has 1 fully saturated rings. The van der Waals surface area contributed by atoms with Gasteiger partial charge in [-0.15, -0.1) is 0 Å². The average Bonchev–Trinajstić information content (AvgIpc) is 2.39. The second-order valence-corrected chi connectivity index (χ2v) is 6.88. The van der Waals surface area contributed by atoms with Gasteiger partial charge in [-0.05, 0) is 50.0 Å². The number of rotatable bonds is 4. The first-order valence-electron chi connectivity index (χ1n) is 6.32. The molecule has 1 N–H and O–H groups in total. The van der Waals surface area contributed by atoms with Crippen LogP contribution in [-0.4, -0.2) is 33.4 Å². The molecule has 0 radical (unpaired) electrons. The van der Waals surface area contributed by atoms with Gasteiger partial charge >= 0.3 is 0 Å². The summed E-state index contributed by atoms with van der Waals surface area (Å²) in [5, 5.41) is 3.11. The zero-order chi connectivity index (χ0) is 13.9. The Labute approximate surface area is 111 Å². The van der Waals surface area contributed by atoms with Crippen molar-refractivity contribution in [3.8, 4) is 0 Å². The first-order valence-corrected chi connectivity index (χ1v) is 7.97. The summed E-state index contributed by atoms with van der Waals surface area (Å²) < 4.78 is 51.1. The minimum absolute atomic E-state index is 0.149. The van der Waals surface area contributed by atoms with Crippen LogP contribution in [0, 0.1) is 11.7 Å². The van der Waals surface area contributed by atoms with Crippen molar-refractivity contribution in [1.82, 2.24) is 5.32 Å². The van der Waals surface area contributed by atoms with E-state index >= 15 is 0 Å². The molecule has 0 spiro atoms. The Hall–Kier alpha value is -1.01. The molecular formula is C13H17F2NO2S. The van der Waals surface area contributed by atoms with Gasteiger partial charge in [0.1, 0.15) is 12.0 Å². The fourth-order valence-corrected chi connectivity index (χ4v) is 3.77. The summed E-state index contributed by atoms with van der Waals surface area (Å²) in [6, 6.07) is 4.72. The lowest BCUT2D eigenvalue weighted by atomic mass is 9.94. The standard InChI is InChI=1S/C13H17F2NO2S/c14-11-2-1-3-12(8-11)19(17,18)9-13(15)10-4-6-16-7-5-10/h1-3,8,10,13,16H,4-7,9H2/t13-/m0/s1. The van der Waals surface area contributed by atoms with E-state index in [4.69, 9.17) is 0 Å². The van der Waals surface area contributed by atoms with Crippen LogP contribution in [0.1, 0.15) is 12.8 Å². The van der Waals surface area contributed by atoms with Gasteiger partial charge in [0.2, 0.25) is 0 Å². The van der Waals surface area contributed by atoms with E-state index < -0.39 is 27.6 Å². The summed E-state index contributed by atoms with van der Waals surface area (Å²) in [7, 11) is -3.77. The zero-order valence-electron chi connectivity index (χ0n) is 10.5. The highest BCUT2D eigenvalue weighted by Crippen LogP contribution is 2.23. The smallest absolute Gasteiger partial charge is 0.181 e. The lowest BCUT2D eigenvalue weighted by molar-refractivity contribution is 0.207. The largest absolute Gasteiger partial charge is 0.317 e. The molecule has 0 aromatic heterocycles. The van der Waals surface area contributed by atoms with E-state index in [2.05, 4.69) is 5.32 Å². The highest BCUT2D eigenvalue weighted by atomic mass is 32.2. The molecule has 1 aromatic rings. The van der Waals surface area contributed by atoms with E-state index in [0.29, 0.717) is 25.9 Å². The molecule has 0 unspecified atom stereocenters. The zero-order valence-corrected chi connectivity index (χ0v) is 11.3. The van der Waals surface area contributed by atoms with Crippen LogP contribution in [0.3, 0.4) is 0 Å². The van der Waals surface area contributed by atoms with Crippen molar-refractivity contribution in [3.05, 3.63) is 30.1 Å². The van der Waals surface area contributed by atoms with Crippen molar-refractivity contribution < 1.29 is 17.2 Å². The van der Waals surface area contributed by atoms with Crippen molar-refractivity contribution in [2.75, 3.05) is 18.8 Å². The molecule has 0 amide bonds. The van der Waals surface area contributed by atoms with E-state index in [1.807, 2.05) is 0 Å². The molecule has 1 heterocycles. The molecule has 1 saturated heterocycles. The van der Waals surface area contributed by atoms with Crippen LogP contribution in [0.2, 0.25) is 0 Å². The minimum Gasteiger partial charge on any atom is -0.317 e. The van der Waals surface area contributed by atoms with Crippen LogP contribution in [0.5, 0.6) is 0 Å². The third-order valence-electron chi connectivity index (χ3n) is 3.43. The maximum atomic E-state index is 14.1. The number of hydrogen-bond acceptors (Lipinski definition) is 3. The molecule has 0 bridgehead atoms. The quantitative estimate of drug-likeness (QED) is 0.921. The van der Waals surface area contributed by atoms with Gasteiger partial charge in [-0.3, -0.25) is 0 Å². The Kier molecular flexibility index (Phi) is 4.52. The highest BCUT2D eigenvalue weighted by Gasteiger charge is 2.29. The third-order valence-corrected chi connectivity index (χ3v) is 5.16. The summed E-state index contributed by atoms with van der Waals surface area (Å²) in [6.45, 7) is 1.43. The van der Waals surface area contributed by atoms with Crippen molar-refractivity contribution in [1.29, 1.82) is 0 Å². The van der Waals surface area contributed by atoms with Gasteiger partial charge in [0.25, 0.3) is 0 Å². The lowest BCUT2D eigenvalue weighted by Gasteiger charge is -2.25. The van der Waals surface area contributed by atoms with E-state index in [1.54, 1.807) is 0 Å². The van der Waals surface area contributed by atoms with Crippen LogP contribution < -0.4 is 5.32 Å². The molecule has 19 heavy (non-hydrogen) atoms. The van der Waals surface area contributed by atoms with Gasteiger partial charge in [-0.1, -0.05) is 6.07 Å². The first kappa shape index (κ1) is 14.4. The monoisotopic (exact) mass is 289 g/mol. The van der Waals surface area contributed by atoms with Crippen molar-refractivity contribution in [3.63, 3.8) is 0 Å². The molecule has 1 atom stereocenters. The Morgan fingerprint density at radius 3 is 2.63 bits per heavy atom. The summed E-state index contributed by atoms with van der Waals surface area (Å²) in [4.78, 5) is -0.149. The first-order chi connectivity index (χ1) is 8.99. The molecule has 106 valence electrons. The predicted molar refractivity (Wildman–Crippen MR) is 68.9 cm³/mol. The van der Waals surface area contributed by atoms with Crippen molar-refractivity contribution >= 4 is 9.84 Å². The summed E-state index contributed by atoms with van der Waals surface area (Å²) in [5.41, 5.74) is 0. The molecule has 0 aliphatic carbocycles.